The maximum atomic E-state index is 11.3. The first-order chi connectivity index (χ1) is 9.25. The fourth-order valence-electron chi connectivity index (χ4n) is 2.55. The predicted molar refractivity (Wildman–Crippen MR) is 75.4 cm³/mol. The molecule has 0 radical (unpaired) electrons. The van der Waals surface area contributed by atoms with Gasteiger partial charge >= 0.3 is 0 Å². The fraction of sp³-hybridized carbons (Fsp3) is 0.267. The Hall–Kier alpha value is -2.23. The van der Waals surface area contributed by atoms with E-state index in [9.17, 15) is 4.79 Å². The summed E-state index contributed by atoms with van der Waals surface area (Å²) in [6.45, 7) is 3.13. The van der Waals surface area contributed by atoms with Crippen LogP contribution in [0.4, 0.5) is 0 Å². The molecule has 0 spiro atoms. The van der Waals surface area contributed by atoms with Crippen molar-refractivity contribution >= 4 is 11.5 Å². The van der Waals surface area contributed by atoms with Crippen LogP contribution >= 0.6 is 0 Å². The van der Waals surface area contributed by atoms with E-state index in [1.54, 1.807) is 6.92 Å². The Balaban J connectivity index is 1.89. The maximum absolute atomic E-state index is 11.3. The molecule has 98 valence electrons. The van der Waals surface area contributed by atoms with Crippen LogP contribution in [-0.2, 0) is 4.79 Å². The Morgan fingerprint density at radius 3 is 2.79 bits per heavy atom. The maximum Gasteiger partial charge on any atom is 0.219 e. The van der Waals surface area contributed by atoms with Gasteiger partial charge in [0.2, 0.25) is 5.91 Å². The van der Waals surface area contributed by atoms with E-state index in [0.717, 1.165) is 24.4 Å². The summed E-state index contributed by atoms with van der Waals surface area (Å²) in [5.74, 6) is 0.147. The van der Waals surface area contributed by atoms with Crippen molar-refractivity contribution in [1.29, 1.82) is 0 Å². The summed E-state index contributed by atoms with van der Waals surface area (Å²) >= 11 is 0. The summed E-state index contributed by atoms with van der Waals surface area (Å²) in [4.78, 5) is 19.7. The van der Waals surface area contributed by atoms with Crippen LogP contribution in [0.5, 0.6) is 0 Å². The van der Waals surface area contributed by atoms with Gasteiger partial charge in [0.05, 0.1) is 11.4 Å². The molecule has 0 fully saturated rings. The summed E-state index contributed by atoms with van der Waals surface area (Å²) < 4.78 is 0. The topological polar surface area (TPSA) is 51.9 Å². The van der Waals surface area contributed by atoms with Crippen LogP contribution in [0.25, 0.3) is 17.0 Å². The van der Waals surface area contributed by atoms with E-state index in [0.29, 0.717) is 6.54 Å². The molecule has 1 aliphatic rings. The van der Waals surface area contributed by atoms with Gasteiger partial charge in [-0.2, -0.15) is 0 Å². The van der Waals surface area contributed by atoms with Gasteiger partial charge < -0.3 is 14.9 Å². The first kappa shape index (κ1) is 11.8. The molecule has 1 aliphatic heterocycles. The molecule has 1 amide bonds. The van der Waals surface area contributed by atoms with Crippen LogP contribution in [0.3, 0.4) is 0 Å². The zero-order valence-corrected chi connectivity index (χ0v) is 10.9. The molecule has 0 aromatic carbocycles. The number of aromatic nitrogens is 2. The second-order valence-electron chi connectivity index (χ2n) is 4.79. The van der Waals surface area contributed by atoms with Gasteiger partial charge in [0.1, 0.15) is 0 Å². The molecule has 0 aliphatic carbocycles. The molecule has 0 bridgehead atoms. The smallest absolute Gasteiger partial charge is 0.219 e. The highest BCUT2D eigenvalue weighted by molar-refractivity contribution is 5.80. The molecule has 0 atom stereocenters. The van der Waals surface area contributed by atoms with Gasteiger partial charge in [-0.1, -0.05) is 6.08 Å². The van der Waals surface area contributed by atoms with Crippen molar-refractivity contribution in [2.75, 3.05) is 13.1 Å². The molecule has 2 aromatic rings. The van der Waals surface area contributed by atoms with E-state index in [1.165, 1.54) is 11.1 Å². The van der Waals surface area contributed by atoms with Gasteiger partial charge in [-0.3, -0.25) is 4.79 Å². The first-order valence-electron chi connectivity index (χ1n) is 6.52. The van der Waals surface area contributed by atoms with Crippen molar-refractivity contribution in [2.45, 2.75) is 13.3 Å². The number of hydrogen-bond donors (Lipinski definition) is 2. The third kappa shape index (κ3) is 2.21. The fourth-order valence-corrected chi connectivity index (χ4v) is 2.55. The lowest BCUT2D eigenvalue weighted by atomic mass is 9.98. The van der Waals surface area contributed by atoms with Crippen LogP contribution < -0.4 is 0 Å². The van der Waals surface area contributed by atoms with E-state index < -0.39 is 0 Å². The Morgan fingerprint density at radius 1 is 1.26 bits per heavy atom. The third-order valence-electron chi connectivity index (χ3n) is 3.61. The van der Waals surface area contributed by atoms with Gasteiger partial charge in [0.25, 0.3) is 0 Å². The molecule has 0 saturated carbocycles. The van der Waals surface area contributed by atoms with Crippen LogP contribution in [0.15, 0.2) is 36.7 Å². The van der Waals surface area contributed by atoms with Crippen molar-refractivity contribution in [2.24, 2.45) is 0 Å². The highest BCUT2D eigenvalue weighted by Crippen LogP contribution is 2.30. The molecule has 0 saturated heterocycles. The van der Waals surface area contributed by atoms with E-state index in [4.69, 9.17) is 0 Å². The zero-order chi connectivity index (χ0) is 13.2. The Morgan fingerprint density at radius 2 is 2.16 bits per heavy atom. The normalized spacial score (nSPS) is 15.4. The minimum Gasteiger partial charge on any atom is -0.360 e. The van der Waals surface area contributed by atoms with Crippen molar-refractivity contribution in [1.82, 2.24) is 14.9 Å². The number of nitrogens with zero attached hydrogens (tertiary/aromatic N) is 1. The number of hydrogen-bond acceptors (Lipinski definition) is 1. The number of nitrogens with one attached hydrogen (secondary N) is 2. The number of carbonyl (C=O) groups is 1. The molecule has 4 nitrogen and oxygen atoms in total. The SMILES string of the molecule is CC(=O)N1CC=C(c2cc[nH]c2-c2ccc[nH]2)CC1. The van der Waals surface area contributed by atoms with Gasteiger partial charge in [0, 0.05) is 38.0 Å². The number of H-pyrrole nitrogens is 2. The van der Waals surface area contributed by atoms with Crippen LogP contribution in [0.1, 0.15) is 18.9 Å². The molecule has 3 rings (SSSR count). The van der Waals surface area contributed by atoms with Gasteiger partial charge in [-0.15, -0.1) is 0 Å². The van der Waals surface area contributed by atoms with Gasteiger partial charge in [0.15, 0.2) is 0 Å². The van der Waals surface area contributed by atoms with Gasteiger partial charge in [-0.25, -0.2) is 0 Å². The van der Waals surface area contributed by atoms with Crippen molar-refractivity contribution in [3.63, 3.8) is 0 Å². The Labute approximate surface area is 112 Å². The first-order valence-corrected chi connectivity index (χ1v) is 6.52. The summed E-state index contributed by atoms with van der Waals surface area (Å²) in [6, 6.07) is 6.15. The highest BCUT2D eigenvalue weighted by Gasteiger charge is 2.17. The predicted octanol–water partition coefficient (Wildman–Crippen LogP) is 2.65. The molecule has 2 aromatic heterocycles. The van der Waals surface area contributed by atoms with Crippen LogP contribution in [0, 0.1) is 0 Å². The summed E-state index contributed by atoms with van der Waals surface area (Å²) in [7, 11) is 0. The average Bonchev–Trinajstić information content (AvgIpc) is 3.09. The quantitative estimate of drug-likeness (QED) is 0.851. The number of rotatable bonds is 2. The van der Waals surface area contributed by atoms with Gasteiger partial charge in [-0.05, 0) is 30.2 Å². The Bertz CT molecular complexity index is 607. The second kappa shape index (κ2) is 4.80. The van der Waals surface area contributed by atoms with Crippen molar-refractivity contribution in [3.8, 4) is 11.4 Å². The van der Waals surface area contributed by atoms with Crippen molar-refractivity contribution in [3.05, 3.63) is 42.2 Å². The Kier molecular flexibility index (Phi) is 2.99. The van der Waals surface area contributed by atoms with E-state index in [-0.39, 0.29) is 5.91 Å². The van der Waals surface area contributed by atoms with E-state index >= 15 is 0 Å². The van der Waals surface area contributed by atoms with Crippen LogP contribution in [-0.4, -0.2) is 33.9 Å². The highest BCUT2D eigenvalue weighted by atomic mass is 16.2. The minimum atomic E-state index is 0.147. The van der Waals surface area contributed by atoms with Crippen molar-refractivity contribution < 1.29 is 4.79 Å². The largest absolute Gasteiger partial charge is 0.360 e. The average molecular weight is 255 g/mol. The lowest BCUT2D eigenvalue weighted by Gasteiger charge is -2.25. The molecule has 4 heteroatoms. The van der Waals surface area contributed by atoms with Crippen LogP contribution in [0.2, 0.25) is 0 Å². The van der Waals surface area contributed by atoms with E-state index in [1.807, 2.05) is 23.4 Å². The lowest BCUT2D eigenvalue weighted by Crippen LogP contribution is -2.32. The minimum absolute atomic E-state index is 0.147. The number of carbonyl (C=O) groups excluding carboxylic acids is 1. The van der Waals surface area contributed by atoms with E-state index in [2.05, 4.69) is 28.2 Å². The molecular formula is C15H17N3O. The molecule has 0 unspecified atom stereocenters. The zero-order valence-electron chi connectivity index (χ0n) is 10.9. The summed E-state index contributed by atoms with van der Waals surface area (Å²) in [5.41, 5.74) is 4.75. The molecule has 19 heavy (non-hydrogen) atoms. The number of amides is 1. The summed E-state index contributed by atoms with van der Waals surface area (Å²) in [6.07, 6.45) is 6.95. The standard InChI is InChI=1S/C15H17N3O/c1-11(19)18-9-5-12(6-10-18)13-4-8-17-15(13)14-3-2-7-16-14/h2-5,7-8,16-17H,6,9-10H2,1H3. The summed E-state index contributed by atoms with van der Waals surface area (Å²) in [5, 5.41) is 0. The molecule has 3 heterocycles. The monoisotopic (exact) mass is 255 g/mol. The number of aromatic amines is 2. The lowest BCUT2D eigenvalue weighted by molar-refractivity contribution is -0.128. The third-order valence-corrected chi connectivity index (χ3v) is 3.61. The molecular weight excluding hydrogens is 238 g/mol. The second-order valence-corrected chi connectivity index (χ2v) is 4.79. The molecule has 2 N–H and O–H groups in total.